The van der Waals surface area contributed by atoms with Crippen molar-refractivity contribution in [3.63, 3.8) is 0 Å². The van der Waals surface area contributed by atoms with E-state index in [-0.39, 0.29) is 18.4 Å². The molecule has 7 heteroatoms. The smallest absolute Gasteiger partial charge is 0.262 e. The maximum absolute atomic E-state index is 12.2. The number of anilines is 2. The minimum atomic E-state index is -0.312. The monoisotopic (exact) mass is 370 g/mol. The zero-order valence-electron chi connectivity index (χ0n) is 15.4. The van der Waals surface area contributed by atoms with Gasteiger partial charge in [0.15, 0.2) is 6.61 Å². The minimum absolute atomic E-state index is 0.108. The van der Waals surface area contributed by atoms with Crippen molar-refractivity contribution in [3.05, 3.63) is 42.5 Å². The topological polar surface area (TPSA) is 77.1 Å². The number of ether oxygens (including phenoxy) is 3. The molecule has 0 saturated carbocycles. The number of carbonyl (C=O) groups is 2. The summed E-state index contributed by atoms with van der Waals surface area (Å²) in [6, 6.07) is 12.3. The molecule has 0 bridgehead atoms. The average molecular weight is 370 g/mol. The molecule has 0 spiro atoms. The molecule has 27 heavy (non-hydrogen) atoms. The quantitative estimate of drug-likeness (QED) is 0.811. The van der Waals surface area contributed by atoms with Crippen molar-refractivity contribution < 1.29 is 23.8 Å². The van der Waals surface area contributed by atoms with E-state index in [1.807, 2.05) is 6.07 Å². The van der Waals surface area contributed by atoms with E-state index in [1.165, 1.54) is 0 Å². The molecule has 1 aliphatic heterocycles. The Morgan fingerprint density at radius 3 is 2.44 bits per heavy atom. The van der Waals surface area contributed by atoms with Crippen LogP contribution >= 0.6 is 0 Å². The van der Waals surface area contributed by atoms with Crippen molar-refractivity contribution in [1.29, 1.82) is 0 Å². The molecule has 1 N–H and O–H groups in total. The van der Waals surface area contributed by atoms with Gasteiger partial charge in [-0.05, 0) is 18.6 Å². The number of hydrogen-bond acceptors (Lipinski definition) is 5. The Kier molecular flexibility index (Phi) is 5.80. The maximum atomic E-state index is 12.2. The number of carbonyl (C=O) groups excluding carboxylic acids is 2. The predicted molar refractivity (Wildman–Crippen MR) is 102 cm³/mol. The van der Waals surface area contributed by atoms with Crippen LogP contribution in [0.15, 0.2) is 42.5 Å². The van der Waals surface area contributed by atoms with Crippen molar-refractivity contribution in [2.24, 2.45) is 0 Å². The van der Waals surface area contributed by atoms with E-state index in [4.69, 9.17) is 14.2 Å². The summed E-state index contributed by atoms with van der Waals surface area (Å²) in [4.78, 5) is 25.8. The molecule has 7 nitrogen and oxygen atoms in total. The first-order chi connectivity index (χ1) is 13.1. The van der Waals surface area contributed by atoms with Crippen LogP contribution in [0.3, 0.4) is 0 Å². The summed E-state index contributed by atoms with van der Waals surface area (Å²) in [5.41, 5.74) is 1.34. The molecule has 2 aromatic carbocycles. The molecule has 0 aromatic heterocycles. The van der Waals surface area contributed by atoms with Crippen molar-refractivity contribution >= 4 is 23.2 Å². The van der Waals surface area contributed by atoms with Crippen LogP contribution in [0.5, 0.6) is 17.2 Å². The Hall–Kier alpha value is -3.22. The van der Waals surface area contributed by atoms with Crippen LogP contribution in [0.1, 0.15) is 12.8 Å². The fourth-order valence-electron chi connectivity index (χ4n) is 2.89. The van der Waals surface area contributed by atoms with Gasteiger partial charge in [-0.3, -0.25) is 9.59 Å². The van der Waals surface area contributed by atoms with E-state index in [0.29, 0.717) is 35.9 Å². The van der Waals surface area contributed by atoms with E-state index >= 15 is 0 Å². The fraction of sp³-hybridized carbons (Fsp3) is 0.300. The lowest BCUT2D eigenvalue weighted by Gasteiger charge is -2.16. The number of benzene rings is 2. The first kappa shape index (κ1) is 18.6. The van der Waals surface area contributed by atoms with E-state index in [9.17, 15) is 9.59 Å². The van der Waals surface area contributed by atoms with Crippen LogP contribution in [-0.2, 0) is 9.59 Å². The Balaban J connectivity index is 1.60. The lowest BCUT2D eigenvalue weighted by atomic mass is 10.2. The summed E-state index contributed by atoms with van der Waals surface area (Å²) in [5, 5.41) is 2.75. The zero-order valence-corrected chi connectivity index (χ0v) is 15.4. The summed E-state index contributed by atoms with van der Waals surface area (Å²) in [5.74, 6) is 1.48. The van der Waals surface area contributed by atoms with Gasteiger partial charge in [-0.25, -0.2) is 0 Å². The summed E-state index contributed by atoms with van der Waals surface area (Å²) in [7, 11) is 3.09. The molecular weight excluding hydrogens is 348 g/mol. The van der Waals surface area contributed by atoms with Gasteiger partial charge in [0, 0.05) is 48.6 Å². The van der Waals surface area contributed by atoms with Gasteiger partial charge < -0.3 is 24.4 Å². The first-order valence-corrected chi connectivity index (χ1v) is 8.65. The van der Waals surface area contributed by atoms with Crippen LogP contribution in [0, 0.1) is 0 Å². The summed E-state index contributed by atoms with van der Waals surface area (Å²) in [6.45, 7) is 0.553. The molecule has 142 valence electrons. The Morgan fingerprint density at radius 2 is 1.81 bits per heavy atom. The number of methoxy groups -OCH3 is 2. The molecule has 2 amide bonds. The molecule has 1 fully saturated rings. The van der Waals surface area contributed by atoms with Crippen LogP contribution in [0.2, 0.25) is 0 Å². The van der Waals surface area contributed by atoms with Crippen molar-refractivity contribution in [3.8, 4) is 17.2 Å². The summed E-state index contributed by atoms with van der Waals surface area (Å²) < 4.78 is 15.9. The standard InChI is InChI=1S/C20H22N2O5/c1-25-17-9-14(10-18(12-17)26-2)21-19(23)13-27-16-6-3-5-15(11-16)22-8-4-7-20(22)24/h3,5-6,9-12H,4,7-8,13H2,1-2H3,(H,21,23). The zero-order chi connectivity index (χ0) is 19.2. The molecular formula is C20H22N2O5. The number of nitrogens with zero attached hydrogens (tertiary/aromatic N) is 1. The molecule has 1 heterocycles. The maximum Gasteiger partial charge on any atom is 0.262 e. The van der Waals surface area contributed by atoms with E-state index in [0.717, 1.165) is 12.1 Å². The van der Waals surface area contributed by atoms with Gasteiger partial charge in [0.25, 0.3) is 5.91 Å². The molecule has 0 unspecified atom stereocenters. The first-order valence-electron chi connectivity index (χ1n) is 8.65. The van der Waals surface area contributed by atoms with Gasteiger partial charge in [0.05, 0.1) is 14.2 Å². The van der Waals surface area contributed by atoms with E-state index in [2.05, 4.69) is 5.32 Å². The van der Waals surface area contributed by atoms with Gasteiger partial charge >= 0.3 is 0 Å². The molecule has 0 aliphatic carbocycles. The Morgan fingerprint density at radius 1 is 1.07 bits per heavy atom. The summed E-state index contributed by atoms with van der Waals surface area (Å²) in [6.07, 6.45) is 1.42. The second-order valence-electron chi connectivity index (χ2n) is 6.08. The van der Waals surface area contributed by atoms with Crippen LogP contribution in [0.4, 0.5) is 11.4 Å². The van der Waals surface area contributed by atoms with Gasteiger partial charge in [-0.2, -0.15) is 0 Å². The highest BCUT2D eigenvalue weighted by molar-refractivity contribution is 5.95. The normalized spacial score (nSPS) is 13.4. The SMILES string of the molecule is COc1cc(NC(=O)COc2cccc(N3CCCC3=O)c2)cc(OC)c1. The Labute approximate surface area is 157 Å². The number of nitrogens with one attached hydrogen (secondary N) is 1. The molecule has 1 aliphatic rings. The Bertz CT molecular complexity index is 815. The number of amides is 2. The molecule has 0 atom stereocenters. The molecule has 0 radical (unpaired) electrons. The predicted octanol–water partition coefficient (Wildman–Crippen LogP) is 2.85. The van der Waals surface area contributed by atoms with Crippen LogP contribution < -0.4 is 24.4 Å². The summed E-state index contributed by atoms with van der Waals surface area (Å²) >= 11 is 0. The highest BCUT2D eigenvalue weighted by Gasteiger charge is 2.21. The van der Waals surface area contributed by atoms with Crippen LogP contribution in [0.25, 0.3) is 0 Å². The number of rotatable bonds is 7. The third kappa shape index (κ3) is 4.69. The van der Waals surface area contributed by atoms with Gasteiger partial charge in [-0.1, -0.05) is 6.07 Å². The van der Waals surface area contributed by atoms with Crippen molar-refractivity contribution in [2.45, 2.75) is 12.8 Å². The van der Waals surface area contributed by atoms with Crippen LogP contribution in [-0.4, -0.2) is 39.2 Å². The van der Waals surface area contributed by atoms with Crippen molar-refractivity contribution in [1.82, 2.24) is 0 Å². The van der Waals surface area contributed by atoms with Crippen molar-refractivity contribution in [2.75, 3.05) is 37.6 Å². The van der Waals surface area contributed by atoms with Gasteiger partial charge in [0.1, 0.15) is 17.2 Å². The molecule has 3 rings (SSSR count). The average Bonchev–Trinajstić information content (AvgIpc) is 3.12. The number of hydrogen-bond donors (Lipinski definition) is 1. The third-order valence-corrected chi connectivity index (χ3v) is 4.21. The lowest BCUT2D eigenvalue weighted by molar-refractivity contribution is -0.118. The third-order valence-electron chi connectivity index (χ3n) is 4.21. The minimum Gasteiger partial charge on any atom is -0.497 e. The van der Waals surface area contributed by atoms with Gasteiger partial charge in [0.2, 0.25) is 5.91 Å². The van der Waals surface area contributed by atoms with E-state index < -0.39 is 0 Å². The highest BCUT2D eigenvalue weighted by atomic mass is 16.5. The van der Waals surface area contributed by atoms with Gasteiger partial charge in [-0.15, -0.1) is 0 Å². The fourth-order valence-corrected chi connectivity index (χ4v) is 2.89. The molecule has 2 aromatic rings. The second-order valence-corrected chi connectivity index (χ2v) is 6.08. The van der Waals surface area contributed by atoms with E-state index in [1.54, 1.807) is 55.5 Å². The highest BCUT2D eigenvalue weighted by Crippen LogP contribution is 2.27. The molecule has 1 saturated heterocycles. The lowest BCUT2D eigenvalue weighted by Crippen LogP contribution is -2.24. The largest absolute Gasteiger partial charge is 0.497 e. The second kappa shape index (κ2) is 8.44.